The summed E-state index contributed by atoms with van der Waals surface area (Å²) in [5, 5.41) is 0. The van der Waals surface area contributed by atoms with Gasteiger partial charge in [0.25, 0.3) is 0 Å². The zero-order chi connectivity index (χ0) is 5.11. The lowest BCUT2D eigenvalue weighted by molar-refractivity contribution is 1.34. The molecule has 0 N–H and O–H groups in total. The summed E-state index contributed by atoms with van der Waals surface area (Å²) in [5.74, 6) is 2.75. The molecule has 0 aromatic carbocycles. The van der Waals surface area contributed by atoms with Crippen molar-refractivity contribution < 1.29 is 0 Å². The van der Waals surface area contributed by atoms with Gasteiger partial charge in [-0.25, -0.2) is 4.99 Å². The molecule has 0 saturated carbocycles. The zero-order valence-corrected chi connectivity index (χ0v) is 5.27. The van der Waals surface area contributed by atoms with E-state index in [4.69, 9.17) is 0 Å². The molecule has 1 heterocycles. The van der Waals surface area contributed by atoms with E-state index in [2.05, 4.69) is 26.8 Å². The highest BCUT2D eigenvalue weighted by Gasteiger charge is 1.86. The van der Waals surface area contributed by atoms with Crippen molar-refractivity contribution in [3.05, 3.63) is 16.8 Å². The van der Waals surface area contributed by atoms with Crippen molar-refractivity contribution in [1.82, 2.24) is 0 Å². The minimum absolute atomic E-state index is 0.934. The maximum absolute atomic E-state index is 3.74. The lowest BCUT2D eigenvalue weighted by Crippen LogP contribution is -1.72. The van der Waals surface area contributed by atoms with Gasteiger partial charge in [-0.2, -0.15) is 0 Å². The number of halogens is 1. The van der Waals surface area contributed by atoms with Crippen LogP contribution in [0.25, 0.3) is 0 Å². The molecule has 0 saturated heterocycles. The molecule has 0 aliphatic carbocycles. The molecule has 1 rings (SSSR count). The molecule has 0 spiro atoms. The molecule has 2 heteroatoms. The number of hydrogen-bond donors (Lipinski definition) is 0. The van der Waals surface area contributed by atoms with Gasteiger partial charge in [-0.1, -0.05) is 6.08 Å². The second kappa shape index (κ2) is 2.10. The van der Waals surface area contributed by atoms with Crippen LogP contribution in [0.4, 0.5) is 0 Å². The molecular formula is C5H4BrN. The van der Waals surface area contributed by atoms with Crippen LogP contribution >= 0.6 is 15.9 Å². The van der Waals surface area contributed by atoms with E-state index >= 15 is 0 Å². The molecule has 0 bridgehead atoms. The first-order chi connectivity index (χ1) is 3.39. The largest absolute Gasteiger partial charge is 0.214 e. The summed E-state index contributed by atoms with van der Waals surface area (Å²) in [6, 6.07) is 0. The van der Waals surface area contributed by atoms with Crippen LogP contribution in [0.5, 0.6) is 0 Å². The van der Waals surface area contributed by atoms with E-state index in [0.717, 1.165) is 10.9 Å². The standard InChI is InChI=1S/C5H4BrN/c6-5-2-1-3-7-4-5/h1,3H,2H2. The van der Waals surface area contributed by atoms with E-state index in [1.165, 1.54) is 0 Å². The van der Waals surface area contributed by atoms with Gasteiger partial charge in [0, 0.05) is 12.6 Å². The Morgan fingerprint density at radius 2 is 2.71 bits per heavy atom. The molecule has 36 valence electrons. The third-order valence-corrected chi connectivity index (χ3v) is 1.16. The van der Waals surface area contributed by atoms with E-state index in [9.17, 15) is 0 Å². The maximum atomic E-state index is 3.74. The first-order valence-electron chi connectivity index (χ1n) is 2.02. The SMILES string of the molecule is BrC1=C=NC=CC1. The Bertz CT molecular complexity index is 151. The van der Waals surface area contributed by atoms with Crippen LogP contribution in [0.3, 0.4) is 0 Å². The van der Waals surface area contributed by atoms with Gasteiger partial charge < -0.3 is 0 Å². The maximum Gasteiger partial charge on any atom is 0.0602 e. The average Bonchev–Trinajstić information content (AvgIpc) is 1.69. The van der Waals surface area contributed by atoms with Crippen LogP contribution < -0.4 is 0 Å². The molecule has 0 amide bonds. The van der Waals surface area contributed by atoms with Crippen molar-refractivity contribution in [1.29, 1.82) is 0 Å². The van der Waals surface area contributed by atoms with Crippen LogP contribution in [-0.2, 0) is 0 Å². The van der Waals surface area contributed by atoms with Crippen LogP contribution in [-0.4, -0.2) is 5.87 Å². The fourth-order valence-electron chi connectivity index (χ4n) is 0.362. The fraction of sp³-hybridized carbons (Fsp3) is 0.200. The van der Waals surface area contributed by atoms with E-state index < -0.39 is 0 Å². The Morgan fingerprint density at radius 1 is 1.86 bits per heavy atom. The number of aliphatic imine (C=N–C) groups is 1. The van der Waals surface area contributed by atoms with Crippen LogP contribution in [0.2, 0.25) is 0 Å². The van der Waals surface area contributed by atoms with E-state index in [0.29, 0.717) is 0 Å². The van der Waals surface area contributed by atoms with Crippen molar-refractivity contribution in [2.45, 2.75) is 6.42 Å². The molecule has 0 unspecified atom stereocenters. The number of nitrogens with zero attached hydrogens (tertiary/aromatic N) is 1. The Labute approximate surface area is 50.6 Å². The fourth-order valence-corrected chi connectivity index (χ4v) is 0.651. The lowest BCUT2D eigenvalue weighted by Gasteiger charge is -1.87. The lowest BCUT2D eigenvalue weighted by atomic mass is 10.4. The molecule has 0 fully saturated rings. The van der Waals surface area contributed by atoms with Gasteiger partial charge in [0.1, 0.15) is 0 Å². The van der Waals surface area contributed by atoms with Gasteiger partial charge >= 0.3 is 0 Å². The van der Waals surface area contributed by atoms with E-state index in [1.54, 1.807) is 6.20 Å². The topological polar surface area (TPSA) is 12.4 Å². The summed E-state index contributed by atoms with van der Waals surface area (Å²) in [6.45, 7) is 0. The minimum atomic E-state index is 0.934. The van der Waals surface area contributed by atoms with Crippen molar-refractivity contribution in [3.63, 3.8) is 0 Å². The van der Waals surface area contributed by atoms with Crippen molar-refractivity contribution in [3.8, 4) is 0 Å². The summed E-state index contributed by atoms with van der Waals surface area (Å²) >= 11 is 3.25. The second-order valence-electron chi connectivity index (χ2n) is 1.23. The molecule has 0 radical (unpaired) electrons. The summed E-state index contributed by atoms with van der Waals surface area (Å²) < 4.78 is 1.02. The number of rotatable bonds is 0. The molecule has 0 atom stereocenters. The van der Waals surface area contributed by atoms with Crippen LogP contribution in [0.15, 0.2) is 21.8 Å². The quantitative estimate of drug-likeness (QED) is 0.510. The smallest absolute Gasteiger partial charge is 0.0602 e. The van der Waals surface area contributed by atoms with Gasteiger partial charge in [0.05, 0.1) is 4.48 Å². The van der Waals surface area contributed by atoms with Crippen LogP contribution in [0, 0.1) is 0 Å². The number of hydrogen-bond acceptors (Lipinski definition) is 1. The Balaban J connectivity index is 2.84. The molecule has 0 aromatic rings. The molecule has 0 aromatic heterocycles. The van der Waals surface area contributed by atoms with Crippen LogP contribution in [0.1, 0.15) is 6.42 Å². The minimum Gasteiger partial charge on any atom is -0.214 e. The highest BCUT2D eigenvalue weighted by Crippen LogP contribution is 2.08. The summed E-state index contributed by atoms with van der Waals surface area (Å²) in [4.78, 5) is 3.74. The van der Waals surface area contributed by atoms with Gasteiger partial charge in [-0.15, -0.1) is 0 Å². The second-order valence-corrected chi connectivity index (χ2v) is 2.19. The summed E-state index contributed by atoms with van der Waals surface area (Å²) in [6.07, 6.45) is 4.65. The monoisotopic (exact) mass is 157 g/mol. The van der Waals surface area contributed by atoms with Crippen molar-refractivity contribution >= 4 is 21.8 Å². The van der Waals surface area contributed by atoms with E-state index in [1.807, 2.05) is 6.08 Å². The zero-order valence-electron chi connectivity index (χ0n) is 3.69. The molecule has 1 aliphatic heterocycles. The first-order valence-corrected chi connectivity index (χ1v) is 2.81. The third-order valence-electron chi connectivity index (χ3n) is 0.663. The number of allylic oxidation sites excluding steroid dienone is 2. The molecule has 7 heavy (non-hydrogen) atoms. The van der Waals surface area contributed by atoms with Crippen molar-refractivity contribution in [2.75, 3.05) is 0 Å². The first kappa shape index (κ1) is 4.82. The highest BCUT2D eigenvalue weighted by molar-refractivity contribution is 9.12. The summed E-state index contributed by atoms with van der Waals surface area (Å²) in [5.41, 5.74) is 0. The average molecular weight is 158 g/mol. The molecule has 1 aliphatic rings. The van der Waals surface area contributed by atoms with Gasteiger partial charge in [-0.3, -0.25) is 0 Å². The Morgan fingerprint density at radius 3 is 3.00 bits per heavy atom. The highest BCUT2D eigenvalue weighted by atomic mass is 79.9. The van der Waals surface area contributed by atoms with E-state index in [-0.39, 0.29) is 0 Å². The Hall–Kier alpha value is -0.330. The van der Waals surface area contributed by atoms with Gasteiger partial charge in [0.2, 0.25) is 0 Å². The summed E-state index contributed by atoms with van der Waals surface area (Å²) in [7, 11) is 0. The van der Waals surface area contributed by atoms with Gasteiger partial charge in [-0.05, 0) is 21.8 Å². The normalized spacial score (nSPS) is 17.0. The third kappa shape index (κ3) is 1.30. The molecular weight excluding hydrogens is 154 g/mol. The van der Waals surface area contributed by atoms with Crippen molar-refractivity contribution in [2.24, 2.45) is 4.99 Å². The predicted molar refractivity (Wildman–Crippen MR) is 33.6 cm³/mol. The molecule has 1 nitrogen and oxygen atoms in total. The predicted octanol–water partition coefficient (Wildman–Crippen LogP) is 1.85. The Kier molecular flexibility index (Phi) is 1.45. The van der Waals surface area contributed by atoms with Gasteiger partial charge in [0.15, 0.2) is 0 Å².